The van der Waals surface area contributed by atoms with Gasteiger partial charge in [-0.15, -0.1) is 0 Å². The molecule has 116 valence electrons. The van der Waals surface area contributed by atoms with Gasteiger partial charge >= 0.3 is 0 Å². The Morgan fingerprint density at radius 2 is 2.41 bits per heavy atom. The number of aryl methyl sites for hydroxylation is 1. The number of carbonyl (C=O) groups excluding carboxylic acids is 1. The average Bonchev–Trinajstić information content (AvgIpc) is 2.99. The number of amides is 1. The molecule has 2 aromatic rings. The van der Waals surface area contributed by atoms with Crippen molar-refractivity contribution in [3.8, 4) is 0 Å². The Balaban J connectivity index is 1.66. The highest BCUT2D eigenvalue weighted by atomic mass is 16.1. The summed E-state index contributed by atoms with van der Waals surface area (Å²) >= 11 is 0. The number of piperidine rings is 1. The number of nitrogens with zero attached hydrogens (tertiary/aromatic N) is 3. The van der Waals surface area contributed by atoms with Crippen LogP contribution in [0.25, 0.3) is 0 Å². The molecule has 3 heterocycles. The van der Waals surface area contributed by atoms with Crippen molar-refractivity contribution in [1.82, 2.24) is 25.2 Å². The molecule has 6 heteroatoms. The number of rotatable bonds is 4. The maximum Gasteiger partial charge on any atom is 0.270 e. The van der Waals surface area contributed by atoms with Crippen molar-refractivity contribution in [2.75, 3.05) is 13.1 Å². The van der Waals surface area contributed by atoms with Crippen LogP contribution >= 0.6 is 0 Å². The van der Waals surface area contributed by atoms with E-state index in [2.05, 4.69) is 20.6 Å². The standard InChI is InChI=1S/C16H21N5O/c1-21-9-8-18-15(21)11-19-16(22)14-6-2-5-13(20-14)12-4-3-7-17-10-12/h2,5-6,8-9,12,17H,3-4,7,10-11H2,1H3,(H,19,22)/t12-/m1/s1. The molecular weight excluding hydrogens is 278 g/mol. The molecule has 2 aromatic heterocycles. The second kappa shape index (κ2) is 6.70. The van der Waals surface area contributed by atoms with Crippen LogP contribution in [0, 0.1) is 0 Å². The molecule has 0 saturated carbocycles. The zero-order chi connectivity index (χ0) is 15.4. The van der Waals surface area contributed by atoms with Crippen LogP contribution in [0.15, 0.2) is 30.6 Å². The molecule has 1 saturated heterocycles. The molecule has 1 aliphatic heterocycles. The van der Waals surface area contributed by atoms with Crippen LogP contribution in [-0.4, -0.2) is 33.5 Å². The largest absolute Gasteiger partial charge is 0.343 e. The second-order valence-corrected chi connectivity index (χ2v) is 5.63. The number of nitrogens with one attached hydrogen (secondary N) is 2. The summed E-state index contributed by atoms with van der Waals surface area (Å²) in [7, 11) is 1.91. The smallest absolute Gasteiger partial charge is 0.270 e. The van der Waals surface area contributed by atoms with Gasteiger partial charge in [0.05, 0.1) is 6.54 Å². The van der Waals surface area contributed by atoms with Crippen molar-refractivity contribution < 1.29 is 4.79 Å². The van der Waals surface area contributed by atoms with E-state index >= 15 is 0 Å². The maximum atomic E-state index is 12.3. The third kappa shape index (κ3) is 3.33. The highest BCUT2D eigenvalue weighted by molar-refractivity contribution is 5.92. The van der Waals surface area contributed by atoms with E-state index in [1.54, 1.807) is 12.3 Å². The Hall–Kier alpha value is -2.21. The fourth-order valence-electron chi connectivity index (χ4n) is 2.73. The van der Waals surface area contributed by atoms with Crippen LogP contribution in [0.5, 0.6) is 0 Å². The van der Waals surface area contributed by atoms with Crippen LogP contribution in [-0.2, 0) is 13.6 Å². The monoisotopic (exact) mass is 299 g/mol. The van der Waals surface area contributed by atoms with Crippen LogP contribution in [0.2, 0.25) is 0 Å². The van der Waals surface area contributed by atoms with Gasteiger partial charge in [0.15, 0.2) is 0 Å². The minimum atomic E-state index is -0.159. The van der Waals surface area contributed by atoms with E-state index in [0.29, 0.717) is 18.2 Å². The number of aromatic nitrogens is 3. The molecule has 3 rings (SSSR count). The molecule has 0 aromatic carbocycles. The first-order valence-electron chi connectivity index (χ1n) is 7.66. The first-order chi connectivity index (χ1) is 10.7. The first kappa shape index (κ1) is 14.7. The molecule has 0 unspecified atom stereocenters. The van der Waals surface area contributed by atoms with E-state index in [9.17, 15) is 4.79 Å². The van der Waals surface area contributed by atoms with Gasteiger partial charge in [-0.05, 0) is 31.5 Å². The van der Waals surface area contributed by atoms with E-state index < -0.39 is 0 Å². The predicted molar refractivity (Wildman–Crippen MR) is 83.5 cm³/mol. The van der Waals surface area contributed by atoms with Crippen LogP contribution in [0.3, 0.4) is 0 Å². The lowest BCUT2D eigenvalue weighted by molar-refractivity contribution is 0.0944. The SMILES string of the molecule is Cn1ccnc1CNC(=O)c1cccc([C@@H]2CCCNC2)n1. The molecular formula is C16H21N5O. The fourth-order valence-corrected chi connectivity index (χ4v) is 2.73. The molecule has 2 N–H and O–H groups in total. The summed E-state index contributed by atoms with van der Waals surface area (Å²) in [5.74, 6) is 1.06. The van der Waals surface area contributed by atoms with Gasteiger partial charge in [-0.2, -0.15) is 0 Å². The van der Waals surface area contributed by atoms with Gasteiger partial charge in [-0.3, -0.25) is 4.79 Å². The quantitative estimate of drug-likeness (QED) is 0.890. The normalized spacial score (nSPS) is 18.1. The van der Waals surface area contributed by atoms with Gasteiger partial charge in [-0.25, -0.2) is 9.97 Å². The lowest BCUT2D eigenvalue weighted by Crippen LogP contribution is -2.30. The summed E-state index contributed by atoms with van der Waals surface area (Å²) in [4.78, 5) is 21.0. The fraction of sp³-hybridized carbons (Fsp3) is 0.438. The van der Waals surface area contributed by atoms with Crippen molar-refractivity contribution >= 4 is 5.91 Å². The van der Waals surface area contributed by atoms with Gasteiger partial charge in [-0.1, -0.05) is 6.07 Å². The minimum absolute atomic E-state index is 0.159. The van der Waals surface area contributed by atoms with E-state index in [1.165, 1.54) is 0 Å². The number of hydrogen-bond donors (Lipinski definition) is 2. The molecule has 1 amide bonds. The molecule has 1 fully saturated rings. The minimum Gasteiger partial charge on any atom is -0.343 e. The molecule has 22 heavy (non-hydrogen) atoms. The molecule has 0 radical (unpaired) electrons. The number of carbonyl (C=O) groups is 1. The van der Waals surface area contributed by atoms with Crippen molar-refractivity contribution in [2.24, 2.45) is 7.05 Å². The van der Waals surface area contributed by atoms with Crippen molar-refractivity contribution in [3.05, 3.63) is 47.8 Å². The van der Waals surface area contributed by atoms with Gasteiger partial charge < -0.3 is 15.2 Å². The van der Waals surface area contributed by atoms with Gasteiger partial charge in [0.1, 0.15) is 11.5 Å². The van der Waals surface area contributed by atoms with Gasteiger partial charge in [0.25, 0.3) is 5.91 Å². The van der Waals surface area contributed by atoms with Crippen LogP contribution in [0.4, 0.5) is 0 Å². The Labute approximate surface area is 130 Å². The number of pyridine rings is 1. The lowest BCUT2D eigenvalue weighted by atomic mass is 9.95. The topological polar surface area (TPSA) is 71.8 Å². The van der Waals surface area contributed by atoms with Gasteiger partial charge in [0, 0.05) is 37.6 Å². The van der Waals surface area contributed by atoms with Crippen LogP contribution < -0.4 is 10.6 Å². The maximum absolute atomic E-state index is 12.3. The predicted octanol–water partition coefficient (Wildman–Crippen LogP) is 1.21. The van der Waals surface area contributed by atoms with Crippen molar-refractivity contribution in [1.29, 1.82) is 0 Å². The Morgan fingerprint density at radius 1 is 1.50 bits per heavy atom. The van der Waals surface area contributed by atoms with Crippen LogP contribution in [0.1, 0.15) is 40.8 Å². The molecule has 1 aliphatic rings. The third-order valence-corrected chi connectivity index (χ3v) is 4.05. The number of imidazole rings is 1. The summed E-state index contributed by atoms with van der Waals surface area (Å²) < 4.78 is 1.89. The Kier molecular flexibility index (Phi) is 4.48. The van der Waals surface area contributed by atoms with E-state index in [4.69, 9.17) is 0 Å². The first-order valence-corrected chi connectivity index (χ1v) is 7.66. The van der Waals surface area contributed by atoms with E-state index in [-0.39, 0.29) is 5.91 Å². The van der Waals surface area contributed by atoms with Crippen molar-refractivity contribution in [2.45, 2.75) is 25.3 Å². The summed E-state index contributed by atoms with van der Waals surface area (Å²) in [6.07, 6.45) is 5.85. The Morgan fingerprint density at radius 3 is 3.14 bits per heavy atom. The highest BCUT2D eigenvalue weighted by Gasteiger charge is 2.18. The summed E-state index contributed by atoms with van der Waals surface area (Å²) in [5, 5.41) is 6.25. The zero-order valence-corrected chi connectivity index (χ0v) is 12.7. The molecule has 0 bridgehead atoms. The summed E-state index contributed by atoms with van der Waals surface area (Å²) in [6.45, 7) is 2.41. The zero-order valence-electron chi connectivity index (χ0n) is 12.7. The molecule has 0 spiro atoms. The summed E-state index contributed by atoms with van der Waals surface area (Å²) in [6, 6.07) is 5.67. The molecule has 6 nitrogen and oxygen atoms in total. The average molecular weight is 299 g/mol. The molecule has 0 aliphatic carbocycles. The third-order valence-electron chi connectivity index (χ3n) is 4.05. The van der Waals surface area contributed by atoms with Gasteiger partial charge in [0.2, 0.25) is 0 Å². The highest BCUT2D eigenvalue weighted by Crippen LogP contribution is 2.21. The lowest BCUT2D eigenvalue weighted by Gasteiger charge is -2.22. The van der Waals surface area contributed by atoms with Crippen molar-refractivity contribution in [3.63, 3.8) is 0 Å². The second-order valence-electron chi connectivity index (χ2n) is 5.63. The van der Waals surface area contributed by atoms with E-state index in [1.807, 2.05) is 29.9 Å². The van der Waals surface area contributed by atoms with E-state index in [0.717, 1.165) is 37.4 Å². The Bertz CT molecular complexity index is 645. The summed E-state index contributed by atoms with van der Waals surface area (Å²) in [5.41, 5.74) is 1.47. The number of hydrogen-bond acceptors (Lipinski definition) is 4. The molecule has 1 atom stereocenters.